The minimum Gasteiger partial charge on any atom is -0.602 e. The van der Waals surface area contributed by atoms with E-state index in [2.05, 4.69) is 67.2 Å². The van der Waals surface area contributed by atoms with Crippen LogP contribution >= 0.6 is 0 Å². The van der Waals surface area contributed by atoms with E-state index in [4.69, 9.17) is 0 Å². The molecule has 2 aliphatic rings. The third-order valence-corrected chi connectivity index (χ3v) is 5.49. The van der Waals surface area contributed by atoms with Crippen molar-refractivity contribution in [3.05, 3.63) is 70.6 Å². The second-order valence-electron chi connectivity index (χ2n) is 8.39. The summed E-state index contributed by atoms with van der Waals surface area (Å²) in [6.45, 7) is 9.65. The lowest BCUT2D eigenvalue weighted by atomic mass is 9.95. The maximum atomic E-state index is 13.3. The molecule has 0 spiro atoms. The number of hydrogen-bond acceptors (Lipinski definition) is 4. The number of fused-ring (bicyclic) bond motifs is 4. The molecule has 0 radical (unpaired) electrons. The van der Waals surface area contributed by atoms with E-state index >= 15 is 0 Å². The normalized spacial score (nSPS) is 15.5. The number of hydrogen-bond donors (Lipinski definition) is 2. The highest BCUT2D eigenvalue weighted by Crippen LogP contribution is 2.44. The topological polar surface area (TPSA) is 61.7 Å². The molecule has 0 aromatic heterocycles. The highest BCUT2D eigenvalue weighted by Gasteiger charge is 2.29. The second kappa shape index (κ2) is 8.50. The number of nitrogens with zero attached hydrogens (tertiary/aromatic N) is 3. The van der Waals surface area contributed by atoms with Gasteiger partial charge in [-0.15, -0.1) is 0 Å². The highest BCUT2D eigenvalue weighted by molar-refractivity contribution is 6.04. The number of para-hydroxylation sites is 1. The fourth-order valence-electron chi connectivity index (χ4n) is 4.02. The Balaban J connectivity index is 1.83. The first-order valence-electron chi connectivity index (χ1n) is 10.7. The van der Waals surface area contributed by atoms with Gasteiger partial charge in [0, 0.05) is 36.3 Å². The monoisotopic (exact) mass is 404 g/mol. The number of carbonyl (C=O) groups excluding carboxylic acids is 1. The molecule has 0 fully saturated rings. The Kier molecular flexibility index (Phi) is 5.79. The van der Waals surface area contributed by atoms with E-state index in [1.807, 2.05) is 35.2 Å². The van der Waals surface area contributed by atoms with Gasteiger partial charge in [-0.05, 0) is 31.0 Å². The number of amides is 1. The summed E-state index contributed by atoms with van der Waals surface area (Å²) in [5, 5.41) is 5.44. The van der Waals surface area contributed by atoms with Crippen LogP contribution in [-0.4, -0.2) is 29.5 Å². The molecular weight excluding hydrogens is 374 g/mol. The van der Waals surface area contributed by atoms with E-state index in [1.54, 1.807) is 0 Å². The molecule has 1 amide bonds. The first-order chi connectivity index (χ1) is 14.5. The zero-order chi connectivity index (χ0) is 21.3. The molecule has 2 heterocycles. The Morgan fingerprint density at radius 2 is 1.77 bits per heavy atom. The molecule has 0 saturated carbocycles. The van der Waals surface area contributed by atoms with E-state index < -0.39 is 0 Å². The molecule has 0 atom stereocenters. The third kappa shape index (κ3) is 3.80. The van der Waals surface area contributed by atoms with Crippen LogP contribution in [0.15, 0.2) is 48.5 Å². The summed E-state index contributed by atoms with van der Waals surface area (Å²) in [5.74, 6) is 0.119. The van der Waals surface area contributed by atoms with Crippen LogP contribution in [-0.2, 0) is 11.3 Å². The Bertz CT molecular complexity index is 966. The third-order valence-electron chi connectivity index (χ3n) is 5.49. The van der Waals surface area contributed by atoms with Crippen molar-refractivity contribution in [3.8, 4) is 0 Å². The number of rotatable bonds is 5. The molecule has 30 heavy (non-hydrogen) atoms. The van der Waals surface area contributed by atoms with Crippen LogP contribution in [0.4, 0.5) is 5.69 Å². The van der Waals surface area contributed by atoms with Crippen molar-refractivity contribution < 1.29 is 4.79 Å². The SMILES string of the molecule is CC(C)NCCC(=O)N1Cc2ccccc2C2=C(c3ccccc31)N(C(C)C)N[N-]2. The fourth-order valence-corrected chi connectivity index (χ4v) is 4.02. The molecular formula is C24H30N5O-. The average Bonchev–Trinajstić information content (AvgIpc) is 3.15. The predicted octanol–water partition coefficient (Wildman–Crippen LogP) is 4.26. The second-order valence-corrected chi connectivity index (χ2v) is 8.39. The van der Waals surface area contributed by atoms with Crippen LogP contribution in [0.1, 0.15) is 50.8 Å². The molecule has 2 aromatic carbocycles. The fraction of sp³-hybridized carbons (Fsp3) is 0.375. The first-order valence-corrected chi connectivity index (χ1v) is 10.7. The van der Waals surface area contributed by atoms with Gasteiger partial charge in [-0.1, -0.05) is 62.0 Å². The summed E-state index contributed by atoms with van der Waals surface area (Å²) in [4.78, 5) is 15.3. The molecule has 6 heteroatoms. The molecule has 0 unspecified atom stereocenters. The van der Waals surface area contributed by atoms with Gasteiger partial charge in [0.05, 0.1) is 12.2 Å². The summed E-state index contributed by atoms with van der Waals surface area (Å²) < 4.78 is 0. The van der Waals surface area contributed by atoms with Gasteiger partial charge in [-0.25, -0.2) is 0 Å². The highest BCUT2D eigenvalue weighted by atomic mass is 16.2. The van der Waals surface area contributed by atoms with Crippen LogP contribution in [0, 0.1) is 0 Å². The van der Waals surface area contributed by atoms with E-state index in [0.717, 1.165) is 33.8 Å². The lowest BCUT2D eigenvalue weighted by Gasteiger charge is -2.34. The smallest absolute Gasteiger partial charge is 0.228 e. The zero-order valence-electron chi connectivity index (χ0n) is 18.1. The van der Waals surface area contributed by atoms with Gasteiger partial charge in [0.15, 0.2) is 0 Å². The lowest BCUT2D eigenvalue weighted by molar-refractivity contribution is -0.118. The Labute approximate surface area is 178 Å². The van der Waals surface area contributed by atoms with Crippen LogP contribution < -0.4 is 15.8 Å². The number of nitrogens with one attached hydrogen (secondary N) is 2. The Morgan fingerprint density at radius 1 is 1.07 bits per heavy atom. The Hall–Kier alpha value is -2.83. The number of hydrazine groups is 1. The molecule has 2 N–H and O–H groups in total. The summed E-state index contributed by atoms with van der Waals surface area (Å²) in [6, 6.07) is 17.0. The summed E-state index contributed by atoms with van der Waals surface area (Å²) >= 11 is 0. The van der Waals surface area contributed by atoms with Crippen molar-refractivity contribution in [2.45, 2.75) is 52.7 Å². The van der Waals surface area contributed by atoms with Crippen molar-refractivity contribution in [3.63, 3.8) is 0 Å². The van der Waals surface area contributed by atoms with Crippen LogP contribution in [0.3, 0.4) is 0 Å². The summed E-state index contributed by atoms with van der Waals surface area (Å²) in [6.07, 6.45) is 0.455. The summed E-state index contributed by atoms with van der Waals surface area (Å²) in [5.41, 5.74) is 13.9. The molecule has 2 aliphatic heterocycles. The van der Waals surface area contributed by atoms with Gasteiger partial charge in [-0.2, -0.15) is 0 Å². The van der Waals surface area contributed by atoms with Crippen molar-refractivity contribution in [1.82, 2.24) is 15.9 Å². The Morgan fingerprint density at radius 3 is 2.50 bits per heavy atom. The van der Waals surface area contributed by atoms with Crippen molar-refractivity contribution in [1.29, 1.82) is 0 Å². The van der Waals surface area contributed by atoms with Gasteiger partial charge >= 0.3 is 0 Å². The molecule has 0 saturated heterocycles. The van der Waals surface area contributed by atoms with Crippen molar-refractivity contribution in [2.75, 3.05) is 11.4 Å². The van der Waals surface area contributed by atoms with E-state index in [9.17, 15) is 4.79 Å². The minimum atomic E-state index is 0.119. The van der Waals surface area contributed by atoms with E-state index in [0.29, 0.717) is 25.6 Å². The van der Waals surface area contributed by atoms with Gasteiger partial charge < -0.3 is 26.2 Å². The van der Waals surface area contributed by atoms with E-state index in [-0.39, 0.29) is 11.9 Å². The van der Waals surface area contributed by atoms with Gasteiger partial charge in [0.2, 0.25) is 5.91 Å². The molecule has 6 nitrogen and oxygen atoms in total. The lowest BCUT2D eigenvalue weighted by Crippen LogP contribution is -2.37. The number of anilines is 1. The molecule has 2 aromatic rings. The molecule has 158 valence electrons. The largest absolute Gasteiger partial charge is 0.602 e. The number of benzene rings is 2. The standard InChI is InChI=1S/C24H30N5O/c1-16(2)25-14-13-22(30)28-15-18-9-5-6-10-19(18)23-24(29(17(3)4)27-26-23)20-11-7-8-12-21(20)28/h5-12,16-17,25,27H,13-15H2,1-4H3/q-1. The predicted molar refractivity (Wildman–Crippen MR) is 122 cm³/mol. The quantitative estimate of drug-likeness (QED) is 0.782. The first kappa shape index (κ1) is 20.4. The summed E-state index contributed by atoms with van der Waals surface area (Å²) in [7, 11) is 0. The maximum Gasteiger partial charge on any atom is 0.228 e. The van der Waals surface area contributed by atoms with Crippen LogP contribution in [0.25, 0.3) is 16.8 Å². The maximum absolute atomic E-state index is 13.3. The zero-order valence-corrected chi connectivity index (χ0v) is 18.1. The number of carbonyl (C=O) groups is 1. The molecule has 0 aliphatic carbocycles. The molecule has 0 bridgehead atoms. The van der Waals surface area contributed by atoms with Crippen LogP contribution in [0.2, 0.25) is 0 Å². The minimum absolute atomic E-state index is 0.119. The average molecular weight is 405 g/mol. The van der Waals surface area contributed by atoms with Gasteiger partial charge in [0.25, 0.3) is 0 Å². The molecule has 4 rings (SSSR count). The van der Waals surface area contributed by atoms with Crippen LogP contribution in [0.5, 0.6) is 0 Å². The van der Waals surface area contributed by atoms with Crippen molar-refractivity contribution >= 4 is 23.0 Å². The van der Waals surface area contributed by atoms with Crippen molar-refractivity contribution in [2.24, 2.45) is 0 Å². The van der Waals surface area contributed by atoms with Gasteiger partial charge in [-0.3, -0.25) is 4.79 Å². The van der Waals surface area contributed by atoms with E-state index in [1.165, 1.54) is 0 Å². The van der Waals surface area contributed by atoms with Gasteiger partial charge in [0.1, 0.15) is 0 Å².